The maximum atomic E-state index is 13.2. The summed E-state index contributed by atoms with van der Waals surface area (Å²) < 4.78 is 55.5. The number of rotatable bonds is 3. The third kappa shape index (κ3) is 3.62. The number of hydrogen-bond acceptors (Lipinski definition) is 2. The third-order valence-electron chi connectivity index (χ3n) is 3.55. The minimum Gasteiger partial charge on any atom is -0.487 e. The topological polar surface area (TPSA) is 35.2 Å². The second-order valence-electron chi connectivity index (χ2n) is 5.51. The maximum absolute atomic E-state index is 13.2. The van der Waals surface area contributed by atoms with Crippen LogP contribution in [0.1, 0.15) is 44.2 Å². The van der Waals surface area contributed by atoms with Crippen molar-refractivity contribution in [2.75, 3.05) is 0 Å². The zero-order valence-electron chi connectivity index (χ0n) is 11.1. The number of hydrogen-bond donors (Lipinski definition) is 1. The minimum atomic E-state index is -4.17. The number of ether oxygens (including phenoxy) is 1. The molecular formula is C14H17F4NO. The lowest BCUT2D eigenvalue weighted by atomic mass is 9.85. The number of benzene rings is 1. The average Bonchev–Trinajstić information content (AvgIpc) is 2.25. The van der Waals surface area contributed by atoms with Gasteiger partial charge in [0, 0.05) is 30.5 Å². The van der Waals surface area contributed by atoms with E-state index in [-0.39, 0.29) is 18.9 Å². The molecule has 1 aliphatic heterocycles. The van der Waals surface area contributed by atoms with Crippen molar-refractivity contribution in [2.24, 2.45) is 5.73 Å². The van der Waals surface area contributed by atoms with Crippen molar-refractivity contribution in [1.82, 2.24) is 0 Å². The highest BCUT2D eigenvalue weighted by Crippen LogP contribution is 2.41. The van der Waals surface area contributed by atoms with E-state index >= 15 is 0 Å². The average molecular weight is 291 g/mol. The molecule has 20 heavy (non-hydrogen) atoms. The molecule has 0 saturated carbocycles. The summed E-state index contributed by atoms with van der Waals surface area (Å²) in [6.07, 6.45) is -4.40. The van der Waals surface area contributed by atoms with Crippen LogP contribution in [-0.2, 0) is 0 Å². The van der Waals surface area contributed by atoms with Gasteiger partial charge in [0.05, 0.1) is 0 Å². The molecule has 6 heteroatoms. The first-order chi connectivity index (χ1) is 9.19. The molecule has 0 saturated heterocycles. The van der Waals surface area contributed by atoms with Crippen molar-refractivity contribution < 1.29 is 22.3 Å². The Labute approximate surface area is 114 Å². The summed E-state index contributed by atoms with van der Waals surface area (Å²) in [6, 6.07) is 3.74. The SMILES string of the molecule is CC1(CCCC(F)(F)F)C[C@@H](N)c2ccc(F)cc2O1. The van der Waals surface area contributed by atoms with Gasteiger partial charge in [0.1, 0.15) is 17.2 Å². The molecule has 0 aromatic heterocycles. The van der Waals surface area contributed by atoms with E-state index in [0.717, 1.165) is 0 Å². The molecule has 0 fully saturated rings. The van der Waals surface area contributed by atoms with Gasteiger partial charge in [-0.3, -0.25) is 0 Å². The fourth-order valence-corrected chi connectivity index (χ4v) is 2.60. The van der Waals surface area contributed by atoms with Crippen molar-refractivity contribution in [3.05, 3.63) is 29.6 Å². The highest BCUT2D eigenvalue weighted by molar-refractivity contribution is 5.39. The molecule has 2 atom stereocenters. The van der Waals surface area contributed by atoms with Crippen LogP contribution in [-0.4, -0.2) is 11.8 Å². The molecule has 112 valence electrons. The van der Waals surface area contributed by atoms with Crippen LogP contribution in [0.2, 0.25) is 0 Å². The second kappa shape index (κ2) is 5.24. The van der Waals surface area contributed by atoms with E-state index in [9.17, 15) is 17.6 Å². The lowest BCUT2D eigenvalue weighted by molar-refractivity contribution is -0.137. The van der Waals surface area contributed by atoms with E-state index in [2.05, 4.69) is 0 Å². The predicted molar refractivity (Wildman–Crippen MR) is 66.9 cm³/mol. The second-order valence-corrected chi connectivity index (χ2v) is 5.51. The summed E-state index contributed by atoms with van der Waals surface area (Å²) in [5, 5.41) is 0. The quantitative estimate of drug-likeness (QED) is 0.851. The van der Waals surface area contributed by atoms with Gasteiger partial charge in [-0.1, -0.05) is 6.07 Å². The molecule has 2 N–H and O–H groups in total. The molecule has 0 radical (unpaired) electrons. The van der Waals surface area contributed by atoms with Crippen molar-refractivity contribution >= 4 is 0 Å². The summed E-state index contributed by atoms with van der Waals surface area (Å²) in [4.78, 5) is 0. The largest absolute Gasteiger partial charge is 0.487 e. The minimum absolute atomic E-state index is 0.0304. The van der Waals surface area contributed by atoms with Gasteiger partial charge < -0.3 is 10.5 Å². The molecule has 2 nitrogen and oxygen atoms in total. The number of halogens is 4. The highest BCUT2D eigenvalue weighted by atomic mass is 19.4. The van der Waals surface area contributed by atoms with Gasteiger partial charge in [0.2, 0.25) is 0 Å². The molecule has 1 unspecified atom stereocenters. The van der Waals surface area contributed by atoms with Crippen LogP contribution in [0.5, 0.6) is 5.75 Å². The van der Waals surface area contributed by atoms with E-state index in [1.54, 1.807) is 13.0 Å². The van der Waals surface area contributed by atoms with Crippen LogP contribution >= 0.6 is 0 Å². The van der Waals surface area contributed by atoms with E-state index < -0.39 is 24.0 Å². The zero-order chi connectivity index (χ0) is 15.0. The van der Waals surface area contributed by atoms with Crippen molar-refractivity contribution in [2.45, 2.75) is 50.4 Å². The molecule has 0 spiro atoms. The van der Waals surface area contributed by atoms with Crippen LogP contribution in [0.15, 0.2) is 18.2 Å². The first-order valence-corrected chi connectivity index (χ1v) is 6.49. The summed E-state index contributed by atoms with van der Waals surface area (Å²) in [5.74, 6) is -0.117. The Morgan fingerprint density at radius 2 is 2.10 bits per heavy atom. The number of fused-ring (bicyclic) bond motifs is 1. The summed E-state index contributed by atoms with van der Waals surface area (Å²) in [5.41, 5.74) is 5.91. The Hall–Kier alpha value is -1.30. The zero-order valence-corrected chi connectivity index (χ0v) is 11.1. The van der Waals surface area contributed by atoms with Gasteiger partial charge >= 0.3 is 6.18 Å². The molecule has 0 bridgehead atoms. The number of nitrogens with two attached hydrogens (primary N) is 1. The first-order valence-electron chi connectivity index (χ1n) is 6.49. The van der Waals surface area contributed by atoms with Crippen LogP contribution in [0.3, 0.4) is 0 Å². The highest BCUT2D eigenvalue weighted by Gasteiger charge is 2.37. The van der Waals surface area contributed by atoms with Crippen molar-refractivity contribution in [3.63, 3.8) is 0 Å². The predicted octanol–water partition coefficient (Wildman–Crippen LogP) is 4.10. The van der Waals surface area contributed by atoms with E-state index in [1.165, 1.54) is 12.1 Å². The lowest BCUT2D eigenvalue weighted by Crippen LogP contribution is -2.40. The monoisotopic (exact) mass is 291 g/mol. The van der Waals surface area contributed by atoms with Gasteiger partial charge in [0.25, 0.3) is 0 Å². The Morgan fingerprint density at radius 3 is 2.75 bits per heavy atom. The Balaban J connectivity index is 2.08. The standard InChI is InChI=1S/C14H17F4NO/c1-13(5-2-6-14(16,17)18)8-11(19)10-4-3-9(15)7-12(10)20-13/h3-4,7,11H,2,5-6,8,19H2,1H3/t11-,13?/m1/s1. The van der Waals surface area contributed by atoms with Crippen LogP contribution in [0.4, 0.5) is 17.6 Å². The molecular weight excluding hydrogens is 274 g/mol. The van der Waals surface area contributed by atoms with E-state index in [0.29, 0.717) is 17.7 Å². The van der Waals surface area contributed by atoms with Gasteiger partial charge in [-0.2, -0.15) is 13.2 Å². The summed E-state index contributed by atoms with van der Waals surface area (Å²) in [7, 11) is 0. The van der Waals surface area contributed by atoms with Crippen LogP contribution in [0.25, 0.3) is 0 Å². The van der Waals surface area contributed by atoms with Crippen molar-refractivity contribution in [1.29, 1.82) is 0 Å². The molecule has 2 rings (SSSR count). The van der Waals surface area contributed by atoms with Gasteiger partial charge in [-0.25, -0.2) is 4.39 Å². The van der Waals surface area contributed by atoms with Crippen LogP contribution in [0, 0.1) is 5.82 Å². The van der Waals surface area contributed by atoms with Crippen molar-refractivity contribution in [3.8, 4) is 5.75 Å². The lowest BCUT2D eigenvalue weighted by Gasteiger charge is -2.39. The summed E-state index contributed by atoms with van der Waals surface area (Å²) >= 11 is 0. The Morgan fingerprint density at radius 1 is 1.40 bits per heavy atom. The molecule has 0 amide bonds. The fraction of sp³-hybridized carbons (Fsp3) is 0.571. The normalized spacial score (nSPS) is 26.0. The van der Waals surface area contributed by atoms with Gasteiger partial charge in [-0.15, -0.1) is 0 Å². The fourth-order valence-electron chi connectivity index (χ4n) is 2.60. The Bertz CT molecular complexity index is 489. The number of alkyl halides is 3. The molecule has 1 aromatic carbocycles. The summed E-state index contributed by atoms with van der Waals surface area (Å²) in [6.45, 7) is 1.72. The molecule has 1 aliphatic rings. The molecule has 1 aromatic rings. The third-order valence-corrected chi connectivity index (χ3v) is 3.55. The molecule has 0 aliphatic carbocycles. The van der Waals surface area contributed by atoms with Crippen LogP contribution < -0.4 is 10.5 Å². The Kier molecular flexibility index (Phi) is 3.95. The first kappa shape index (κ1) is 15.1. The van der Waals surface area contributed by atoms with Gasteiger partial charge in [0.15, 0.2) is 0 Å². The van der Waals surface area contributed by atoms with Gasteiger partial charge in [-0.05, 0) is 25.8 Å². The molecule has 1 heterocycles. The smallest absolute Gasteiger partial charge is 0.389 e. The van der Waals surface area contributed by atoms with E-state index in [1.807, 2.05) is 0 Å². The maximum Gasteiger partial charge on any atom is 0.389 e. The van der Waals surface area contributed by atoms with E-state index in [4.69, 9.17) is 10.5 Å².